The molecule has 2 aromatic heterocycles. The second-order valence-corrected chi connectivity index (χ2v) is 15.2. The molecule has 0 atom stereocenters. The third-order valence-electron chi connectivity index (χ3n) is 11.2. The first kappa shape index (κ1) is 29.0. The van der Waals surface area contributed by atoms with Gasteiger partial charge in [-0.15, -0.1) is 11.3 Å². The molecule has 0 N–H and O–H groups in total. The lowest BCUT2D eigenvalue weighted by Crippen LogP contribution is -1.96. The van der Waals surface area contributed by atoms with Crippen molar-refractivity contribution in [1.82, 2.24) is 9.97 Å². The van der Waals surface area contributed by atoms with Crippen molar-refractivity contribution in [3.63, 3.8) is 0 Å². The van der Waals surface area contributed by atoms with E-state index in [0.717, 1.165) is 33.9 Å². The highest BCUT2D eigenvalue weighted by molar-refractivity contribution is 7.25. The predicted octanol–water partition coefficient (Wildman–Crippen LogP) is 14.2. The Morgan fingerprint density at radius 3 is 1.58 bits per heavy atom. The van der Waals surface area contributed by atoms with Gasteiger partial charge in [0, 0.05) is 36.9 Å². The van der Waals surface area contributed by atoms with Crippen LogP contribution in [0.15, 0.2) is 170 Å². The van der Waals surface area contributed by atoms with Crippen LogP contribution in [0.3, 0.4) is 0 Å². The number of aromatic nitrogens is 2. The van der Waals surface area contributed by atoms with Gasteiger partial charge in [-0.1, -0.05) is 140 Å². The monoisotopic (exact) mass is 688 g/mol. The third-order valence-corrected chi connectivity index (χ3v) is 12.3. The predicted molar refractivity (Wildman–Crippen MR) is 227 cm³/mol. The van der Waals surface area contributed by atoms with E-state index in [1.807, 2.05) is 17.4 Å². The van der Waals surface area contributed by atoms with Crippen LogP contribution in [-0.4, -0.2) is 9.97 Å². The molecular weight excluding hydrogens is 661 g/mol. The molecule has 0 saturated heterocycles. The topological polar surface area (TPSA) is 25.8 Å². The summed E-state index contributed by atoms with van der Waals surface area (Å²) in [6, 6.07) is 62.0. The van der Waals surface area contributed by atoms with Crippen molar-refractivity contribution in [2.75, 3.05) is 0 Å². The molecule has 12 aromatic rings. The second-order valence-electron chi connectivity index (χ2n) is 14.1. The fraction of sp³-hybridized carbons (Fsp3) is 0. The molecule has 0 fully saturated rings. The summed E-state index contributed by atoms with van der Waals surface area (Å²) in [6.07, 6.45) is 0. The van der Waals surface area contributed by atoms with Crippen LogP contribution in [0.1, 0.15) is 0 Å². The first-order valence-corrected chi connectivity index (χ1v) is 18.9. The van der Waals surface area contributed by atoms with E-state index < -0.39 is 0 Å². The quantitative estimate of drug-likeness (QED) is 0.173. The first-order chi connectivity index (χ1) is 26.3. The average Bonchev–Trinajstić information content (AvgIpc) is 3.61. The Hall–Kier alpha value is -6.68. The highest BCUT2D eigenvalue weighted by Crippen LogP contribution is 2.45. The van der Waals surface area contributed by atoms with Crippen molar-refractivity contribution >= 4 is 96.1 Å². The maximum atomic E-state index is 5.35. The largest absolute Gasteiger partial charge is 0.228 e. The standard InChI is InChI=1S/C50H28N2S/c1-2-10-32(11-3-1)50-51-41(28-42(52-50)38-19-9-21-44-49(38)39-15-4-5-20-43(39)53-44)34-26-33-25-24-31-13-7-17-36-35-16-6-12-29-22-23-30-14-8-18-37(47(30)45(29)35)40(27-34)48(33)46(31)36/h1-28H. The Morgan fingerprint density at radius 2 is 0.868 bits per heavy atom. The van der Waals surface area contributed by atoms with E-state index in [-0.39, 0.29) is 0 Å². The zero-order valence-electron chi connectivity index (χ0n) is 28.5. The molecule has 0 bridgehead atoms. The summed E-state index contributed by atoms with van der Waals surface area (Å²) in [6.45, 7) is 0. The molecule has 2 nitrogen and oxygen atoms in total. The fourth-order valence-electron chi connectivity index (χ4n) is 8.87. The van der Waals surface area contributed by atoms with Crippen LogP contribution in [0, 0.1) is 0 Å². The summed E-state index contributed by atoms with van der Waals surface area (Å²) in [5.41, 5.74) is 5.03. The van der Waals surface area contributed by atoms with Gasteiger partial charge in [0.15, 0.2) is 5.82 Å². The second kappa shape index (κ2) is 10.9. The fourth-order valence-corrected chi connectivity index (χ4v) is 10.0. The van der Waals surface area contributed by atoms with E-state index in [4.69, 9.17) is 9.97 Å². The summed E-state index contributed by atoms with van der Waals surface area (Å²) >= 11 is 1.84. The molecule has 0 radical (unpaired) electrons. The number of hydrogen-bond donors (Lipinski definition) is 0. The van der Waals surface area contributed by atoms with Gasteiger partial charge in [0.2, 0.25) is 0 Å². The molecule has 0 amide bonds. The number of hydrogen-bond acceptors (Lipinski definition) is 3. The Labute approximate surface area is 308 Å². The molecule has 0 aliphatic rings. The Bertz CT molecular complexity index is 3450. The average molecular weight is 689 g/mol. The molecule has 0 spiro atoms. The summed E-state index contributed by atoms with van der Waals surface area (Å²) in [5.74, 6) is 0.721. The Kier molecular flexibility index (Phi) is 5.96. The van der Waals surface area contributed by atoms with Gasteiger partial charge in [0.25, 0.3) is 0 Å². The molecule has 12 rings (SSSR count). The highest BCUT2D eigenvalue weighted by atomic mass is 32.1. The Morgan fingerprint density at radius 1 is 0.321 bits per heavy atom. The zero-order chi connectivity index (χ0) is 34.6. The zero-order valence-corrected chi connectivity index (χ0v) is 29.3. The number of fused-ring (bicyclic) bond motifs is 5. The van der Waals surface area contributed by atoms with E-state index in [1.54, 1.807) is 0 Å². The van der Waals surface area contributed by atoms with Gasteiger partial charge >= 0.3 is 0 Å². The minimum atomic E-state index is 0.721. The van der Waals surface area contributed by atoms with Gasteiger partial charge in [0.05, 0.1) is 11.4 Å². The summed E-state index contributed by atoms with van der Waals surface area (Å²) in [7, 11) is 0. The van der Waals surface area contributed by atoms with E-state index in [2.05, 4.69) is 164 Å². The van der Waals surface area contributed by atoms with E-state index in [0.29, 0.717) is 0 Å². The molecule has 53 heavy (non-hydrogen) atoms. The molecule has 10 aromatic carbocycles. The van der Waals surface area contributed by atoms with Gasteiger partial charge in [-0.25, -0.2) is 9.97 Å². The number of rotatable bonds is 3. The number of thiophene rings is 1. The van der Waals surface area contributed by atoms with Crippen LogP contribution in [0.4, 0.5) is 0 Å². The van der Waals surface area contributed by atoms with Crippen LogP contribution >= 0.6 is 11.3 Å². The van der Waals surface area contributed by atoms with Crippen LogP contribution in [0.5, 0.6) is 0 Å². The van der Waals surface area contributed by atoms with Crippen LogP contribution in [-0.2, 0) is 0 Å². The minimum absolute atomic E-state index is 0.721. The van der Waals surface area contributed by atoms with Crippen molar-refractivity contribution in [1.29, 1.82) is 0 Å². The number of nitrogens with zero attached hydrogens (tertiary/aromatic N) is 2. The van der Waals surface area contributed by atoms with Crippen LogP contribution < -0.4 is 0 Å². The summed E-state index contributed by atoms with van der Waals surface area (Å²) in [4.78, 5) is 10.6. The molecule has 3 heteroatoms. The van der Waals surface area contributed by atoms with Crippen LogP contribution in [0.2, 0.25) is 0 Å². The smallest absolute Gasteiger partial charge is 0.160 e. The van der Waals surface area contributed by atoms with Crippen LogP contribution in [0.25, 0.3) is 119 Å². The van der Waals surface area contributed by atoms with Gasteiger partial charge in [-0.05, 0) is 95.0 Å². The Balaban J connectivity index is 1.23. The highest BCUT2D eigenvalue weighted by Gasteiger charge is 2.19. The van der Waals surface area contributed by atoms with E-state index in [9.17, 15) is 0 Å². The molecule has 2 heterocycles. The summed E-state index contributed by atoms with van der Waals surface area (Å²) in [5, 5.41) is 17.7. The van der Waals surface area contributed by atoms with Crippen molar-refractivity contribution in [3.05, 3.63) is 170 Å². The SMILES string of the molecule is c1ccc(-c2nc(-c3cc4ccc5cccc6c7cccc8ccc9cccc(c(c3)c4c56)c9c87)cc(-c3cccc4sc5ccccc5c34)n2)cc1. The minimum Gasteiger partial charge on any atom is -0.228 e. The van der Waals surface area contributed by atoms with Gasteiger partial charge in [-0.2, -0.15) is 0 Å². The summed E-state index contributed by atoms with van der Waals surface area (Å²) < 4.78 is 2.54. The van der Waals surface area contributed by atoms with Crippen molar-refractivity contribution in [2.24, 2.45) is 0 Å². The van der Waals surface area contributed by atoms with Gasteiger partial charge in [0.1, 0.15) is 0 Å². The lowest BCUT2D eigenvalue weighted by molar-refractivity contribution is 1.19. The molecular formula is C50H28N2S. The molecule has 0 unspecified atom stereocenters. The van der Waals surface area contributed by atoms with E-state index in [1.165, 1.54) is 84.8 Å². The molecule has 0 aliphatic heterocycles. The molecule has 0 aliphatic carbocycles. The third kappa shape index (κ3) is 4.20. The maximum absolute atomic E-state index is 5.35. The van der Waals surface area contributed by atoms with E-state index >= 15 is 0 Å². The van der Waals surface area contributed by atoms with Gasteiger partial charge in [-0.3, -0.25) is 0 Å². The first-order valence-electron chi connectivity index (χ1n) is 18.1. The van der Waals surface area contributed by atoms with Crippen molar-refractivity contribution in [2.45, 2.75) is 0 Å². The van der Waals surface area contributed by atoms with Crippen molar-refractivity contribution < 1.29 is 0 Å². The van der Waals surface area contributed by atoms with Gasteiger partial charge < -0.3 is 0 Å². The lowest BCUT2D eigenvalue weighted by atomic mass is 9.87. The van der Waals surface area contributed by atoms with Crippen molar-refractivity contribution in [3.8, 4) is 33.9 Å². The molecule has 0 saturated carbocycles. The maximum Gasteiger partial charge on any atom is 0.160 e. The number of benzene rings is 9. The lowest BCUT2D eigenvalue weighted by Gasteiger charge is -2.17. The molecule has 244 valence electrons. The normalized spacial score (nSPS) is 12.2.